The van der Waals surface area contributed by atoms with Crippen molar-refractivity contribution < 1.29 is 0 Å². The van der Waals surface area contributed by atoms with Gasteiger partial charge >= 0.3 is 5.69 Å². The highest BCUT2D eigenvalue weighted by atomic mass is 35.5. The Hall–Kier alpha value is -3.30. The Bertz CT molecular complexity index is 1320. The molecule has 0 aliphatic carbocycles. The van der Waals surface area contributed by atoms with Crippen LogP contribution in [0.5, 0.6) is 0 Å². The Morgan fingerprint density at radius 2 is 1.97 bits per heavy atom. The molecule has 1 fully saturated rings. The van der Waals surface area contributed by atoms with Crippen LogP contribution in [0.25, 0.3) is 21.9 Å². The number of rotatable bonds is 2. The van der Waals surface area contributed by atoms with Gasteiger partial charge in [0.05, 0.1) is 27.8 Å². The van der Waals surface area contributed by atoms with Crippen molar-refractivity contribution in [1.82, 2.24) is 14.5 Å². The summed E-state index contributed by atoms with van der Waals surface area (Å²) in [6.07, 6.45) is 3.26. The number of H-pyrrole nitrogens is 1. The Labute approximate surface area is 172 Å². The first-order chi connectivity index (χ1) is 14.2. The van der Waals surface area contributed by atoms with Gasteiger partial charge in [-0.3, -0.25) is 9.55 Å². The van der Waals surface area contributed by atoms with E-state index in [9.17, 15) is 10.1 Å². The van der Waals surface area contributed by atoms with E-state index in [-0.39, 0.29) is 11.7 Å². The lowest BCUT2D eigenvalue weighted by Crippen LogP contribution is -2.37. The molecule has 1 N–H and O–H groups in total. The number of aromatic nitrogens is 3. The molecular weight excluding hydrogens is 386 g/mol. The molecule has 1 aliphatic heterocycles. The summed E-state index contributed by atoms with van der Waals surface area (Å²) in [5.41, 5.74) is 3.98. The van der Waals surface area contributed by atoms with Crippen LogP contribution >= 0.6 is 11.6 Å². The van der Waals surface area contributed by atoms with Crippen molar-refractivity contribution in [2.24, 2.45) is 0 Å². The zero-order valence-corrected chi connectivity index (χ0v) is 16.4. The molecule has 0 bridgehead atoms. The van der Waals surface area contributed by atoms with E-state index < -0.39 is 0 Å². The zero-order chi connectivity index (χ0) is 20.0. The second-order valence-corrected chi connectivity index (χ2v) is 7.77. The summed E-state index contributed by atoms with van der Waals surface area (Å²) in [5.74, 6) is 0. The number of nitriles is 1. The quantitative estimate of drug-likeness (QED) is 0.543. The van der Waals surface area contributed by atoms with Gasteiger partial charge in [0.25, 0.3) is 0 Å². The number of fused-ring (bicyclic) bond motifs is 2. The van der Waals surface area contributed by atoms with Gasteiger partial charge in [-0.25, -0.2) is 4.79 Å². The number of benzene rings is 2. The van der Waals surface area contributed by atoms with Crippen LogP contribution in [0.4, 0.5) is 5.69 Å². The van der Waals surface area contributed by atoms with E-state index in [1.807, 2.05) is 47.0 Å². The number of piperidine rings is 1. The van der Waals surface area contributed by atoms with Crippen LogP contribution in [0.2, 0.25) is 5.02 Å². The van der Waals surface area contributed by atoms with Crippen LogP contribution in [-0.4, -0.2) is 27.6 Å². The maximum absolute atomic E-state index is 12.5. The molecule has 2 aromatic carbocycles. The number of nitrogens with one attached hydrogen (secondary N) is 1. The largest absolute Gasteiger partial charge is 0.370 e. The molecule has 0 atom stereocenters. The minimum atomic E-state index is -0.0662. The Morgan fingerprint density at radius 3 is 2.76 bits per heavy atom. The SMILES string of the molecule is N#Cc1cnc2ccc(Cl)cc2c1N1CCC(n2c(=O)[nH]c3ccccc32)CC1. The summed E-state index contributed by atoms with van der Waals surface area (Å²) >= 11 is 6.22. The molecule has 144 valence electrons. The molecular formula is C22H18ClN5O. The van der Waals surface area contributed by atoms with Crippen LogP contribution in [0.15, 0.2) is 53.5 Å². The summed E-state index contributed by atoms with van der Waals surface area (Å²) < 4.78 is 1.87. The van der Waals surface area contributed by atoms with Gasteiger partial charge in [-0.15, -0.1) is 0 Å². The van der Waals surface area contributed by atoms with Crippen LogP contribution in [0, 0.1) is 11.3 Å². The number of hydrogen-bond donors (Lipinski definition) is 1. The predicted octanol–water partition coefficient (Wildman–Crippen LogP) is 4.24. The number of hydrogen-bond acceptors (Lipinski definition) is 4. The number of nitrogens with zero attached hydrogens (tertiary/aromatic N) is 4. The molecule has 6 nitrogen and oxygen atoms in total. The lowest BCUT2D eigenvalue weighted by molar-refractivity contribution is 0.397. The summed E-state index contributed by atoms with van der Waals surface area (Å²) in [5, 5.41) is 11.1. The number of imidazole rings is 1. The molecule has 4 aromatic rings. The third-order valence-corrected chi connectivity index (χ3v) is 5.93. The van der Waals surface area contributed by atoms with E-state index in [0.29, 0.717) is 10.6 Å². The Morgan fingerprint density at radius 1 is 1.17 bits per heavy atom. The molecule has 0 unspecified atom stereocenters. The van der Waals surface area contributed by atoms with E-state index in [2.05, 4.69) is 20.9 Å². The lowest BCUT2D eigenvalue weighted by atomic mass is 10.0. The summed E-state index contributed by atoms with van der Waals surface area (Å²) in [6.45, 7) is 1.49. The van der Waals surface area contributed by atoms with Gasteiger partial charge in [-0.1, -0.05) is 23.7 Å². The van der Waals surface area contributed by atoms with E-state index in [4.69, 9.17) is 11.6 Å². The Kier molecular flexibility index (Phi) is 4.26. The average molecular weight is 404 g/mol. The topological polar surface area (TPSA) is 77.7 Å². The summed E-state index contributed by atoms with van der Waals surface area (Å²) in [4.78, 5) is 22.1. The average Bonchev–Trinajstić information content (AvgIpc) is 3.08. The zero-order valence-electron chi connectivity index (χ0n) is 15.6. The second kappa shape index (κ2) is 6.94. The van der Waals surface area contributed by atoms with Crippen molar-refractivity contribution in [2.45, 2.75) is 18.9 Å². The van der Waals surface area contributed by atoms with Crippen LogP contribution < -0.4 is 10.6 Å². The summed E-state index contributed by atoms with van der Waals surface area (Å²) in [6, 6.07) is 15.7. The number of pyridine rings is 1. The van der Waals surface area contributed by atoms with Crippen molar-refractivity contribution in [3.05, 3.63) is 69.7 Å². The van der Waals surface area contributed by atoms with Gasteiger partial charge in [-0.2, -0.15) is 5.26 Å². The molecule has 0 saturated carbocycles. The van der Waals surface area contributed by atoms with E-state index in [1.54, 1.807) is 6.20 Å². The van der Waals surface area contributed by atoms with Gasteiger partial charge in [0.15, 0.2) is 0 Å². The van der Waals surface area contributed by atoms with Gasteiger partial charge in [0.1, 0.15) is 6.07 Å². The van der Waals surface area contributed by atoms with Crippen LogP contribution in [0.3, 0.4) is 0 Å². The number of aromatic amines is 1. The minimum Gasteiger partial charge on any atom is -0.370 e. The van der Waals surface area contributed by atoms with E-state index in [0.717, 1.165) is 53.6 Å². The molecule has 7 heteroatoms. The molecule has 1 aliphatic rings. The minimum absolute atomic E-state index is 0.0662. The van der Waals surface area contributed by atoms with Crippen molar-refractivity contribution in [3.63, 3.8) is 0 Å². The summed E-state index contributed by atoms with van der Waals surface area (Å²) in [7, 11) is 0. The normalized spacial score (nSPS) is 15.1. The monoisotopic (exact) mass is 403 g/mol. The maximum Gasteiger partial charge on any atom is 0.326 e. The predicted molar refractivity (Wildman–Crippen MR) is 115 cm³/mol. The van der Waals surface area contributed by atoms with Crippen molar-refractivity contribution >= 4 is 39.2 Å². The fourth-order valence-corrected chi connectivity index (χ4v) is 4.53. The fraction of sp³-hybridized carbons (Fsp3) is 0.227. The molecule has 5 rings (SSSR count). The third kappa shape index (κ3) is 2.95. The van der Waals surface area contributed by atoms with Crippen molar-refractivity contribution in [3.8, 4) is 6.07 Å². The molecule has 3 heterocycles. The first-order valence-corrected chi connectivity index (χ1v) is 9.96. The molecule has 0 radical (unpaired) electrons. The number of anilines is 1. The number of halogens is 1. The van der Waals surface area contributed by atoms with Crippen LogP contribution in [-0.2, 0) is 0 Å². The molecule has 29 heavy (non-hydrogen) atoms. The maximum atomic E-state index is 12.5. The van der Waals surface area contributed by atoms with Crippen LogP contribution in [0.1, 0.15) is 24.4 Å². The highest BCUT2D eigenvalue weighted by molar-refractivity contribution is 6.31. The lowest BCUT2D eigenvalue weighted by Gasteiger charge is -2.35. The standard InChI is InChI=1S/C22H18ClN5O/c23-15-5-6-18-17(11-15)21(14(12-24)13-25-18)27-9-7-16(8-10-27)28-20-4-2-1-3-19(20)26-22(28)29/h1-6,11,13,16H,7-10H2,(H,26,29). The first kappa shape index (κ1) is 17.8. The fourth-order valence-electron chi connectivity index (χ4n) is 4.36. The van der Waals surface area contributed by atoms with Gasteiger partial charge < -0.3 is 9.88 Å². The molecule has 0 spiro atoms. The van der Waals surface area contributed by atoms with Gasteiger partial charge in [-0.05, 0) is 43.2 Å². The van der Waals surface area contributed by atoms with E-state index >= 15 is 0 Å². The van der Waals surface area contributed by atoms with Crippen molar-refractivity contribution in [2.75, 3.05) is 18.0 Å². The third-order valence-electron chi connectivity index (χ3n) is 5.69. The van der Waals surface area contributed by atoms with Gasteiger partial charge in [0, 0.05) is 35.7 Å². The van der Waals surface area contributed by atoms with E-state index in [1.165, 1.54) is 0 Å². The molecule has 0 amide bonds. The second-order valence-electron chi connectivity index (χ2n) is 7.33. The molecule has 1 saturated heterocycles. The number of para-hydroxylation sites is 2. The molecule has 2 aromatic heterocycles. The van der Waals surface area contributed by atoms with Crippen molar-refractivity contribution in [1.29, 1.82) is 5.26 Å². The Balaban J connectivity index is 1.50. The highest BCUT2D eigenvalue weighted by Gasteiger charge is 2.26. The first-order valence-electron chi connectivity index (χ1n) is 9.58. The highest BCUT2D eigenvalue weighted by Crippen LogP contribution is 2.35. The smallest absolute Gasteiger partial charge is 0.326 e. The van der Waals surface area contributed by atoms with Gasteiger partial charge in [0.2, 0.25) is 0 Å².